The number of aromatic nitrogens is 2. The molecule has 2 aromatic carbocycles. The molecule has 0 saturated heterocycles. The zero-order valence-electron chi connectivity index (χ0n) is 14.5. The number of benzene rings is 2. The highest BCUT2D eigenvalue weighted by atomic mass is 35.5. The van der Waals surface area contributed by atoms with E-state index < -0.39 is 22.5 Å². The lowest BCUT2D eigenvalue weighted by Crippen LogP contribution is -2.37. The molecule has 7 nitrogen and oxygen atoms in total. The van der Waals surface area contributed by atoms with E-state index in [4.69, 9.17) is 23.2 Å². The van der Waals surface area contributed by atoms with Gasteiger partial charge in [0.05, 0.1) is 17.0 Å². The van der Waals surface area contributed by atoms with E-state index in [9.17, 15) is 13.2 Å². The molecule has 1 N–H and O–H groups in total. The lowest BCUT2D eigenvalue weighted by atomic mass is 10.2. The highest BCUT2D eigenvalue weighted by Crippen LogP contribution is 2.30. The lowest BCUT2D eigenvalue weighted by Gasteiger charge is -2.22. The highest BCUT2D eigenvalue weighted by Gasteiger charge is 2.24. The predicted octanol–water partition coefficient (Wildman–Crippen LogP) is 3.92. The van der Waals surface area contributed by atoms with E-state index in [2.05, 4.69) is 15.5 Å². The van der Waals surface area contributed by atoms with Crippen LogP contribution in [0.3, 0.4) is 0 Å². The number of hydrogen-bond acceptors (Lipinski definition) is 6. The topological polar surface area (TPSA) is 92.3 Å². The second-order valence-corrected chi connectivity index (χ2v) is 9.42. The number of anilines is 2. The highest BCUT2D eigenvalue weighted by molar-refractivity contribution is 7.92. The minimum absolute atomic E-state index is 0.119. The number of amides is 1. The van der Waals surface area contributed by atoms with Crippen molar-refractivity contribution in [1.82, 2.24) is 10.2 Å². The molecule has 28 heavy (non-hydrogen) atoms. The molecule has 0 aliphatic heterocycles. The molecule has 0 aliphatic rings. The van der Waals surface area contributed by atoms with Crippen molar-refractivity contribution >= 4 is 61.3 Å². The minimum atomic E-state index is -3.77. The Morgan fingerprint density at radius 2 is 1.86 bits per heavy atom. The molecular formula is C17H14Cl2N4O3S2. The van der Waals surface area contributed by atoms with Gasteiger partial charge in [0.15, 0.2) is 0 Å². The molecule has 0 spiro atoms. The quantitative estimate of drug-likeness (QED) is 0.606. The van der Waals surface area contributed by atoms with E-state index in [0.717, 1.165) is 16.1 Å². The zero-order valence-corrected chi connectivity index (χ0v) is 17.6. The van der Waals surface area contributed by atoms with E-state index in [1.54, 1.807) is 0 Å². The summed E-state index contributed by atoms with van der Waals surface area (Å²) in [6.07, 6.45) is 0.990. The molecule has 11 heteroatoms. The lowest BCUT2D eigenvalue weighted by molar-refractivity contribution is -0.114. The van der Waals surface area contributed by atoms with Crippen LogP contribution >= 0.6 is 34.5 Å². The number of rotatable bonds is 6. The van der Waals surface area contributed by atoms with Gasteiger partial charge in [0.2, 0.25) is 21.1 Å². The van der Waals surface area contributed by atoms with Crippen molar-refractivity contribution in [2.24, 2.45) is 0 Å². The van der Waals surface area contributed by atoms with Gasteiger partial charge in [0.25, 0.3) is 0 Å². The fourth-order valence-corrected chi connectivity index (χ4v) is 4.52. The van der Waals surface area contributed by atoms with Gasteiger partial charge in [-0.05, 0) is 18.2 Å². The monoisotopic (exact) mass is 456 g/mol. The summed E-state index contributed by atoms with van der Waals surface area (Å²) in [5.41, 5.74) is 1.03. The van der Waals surface area contributed by atoms with E-state index in [-0.39, 0.29) is 15.8 Å². The van der Waals surface area contributed by atoms with Crippen LogP contribution in [0.25, 0.3) is 10.6 Å². The van der Waals surface area contributed by atoms with Gasteiger partial charge in [0, 0.05) is 10.6 Å². The Morgan fingerprint density at radius 1 is 1.14 bits per heavy atom. The number of carbonyl (C=O) groups is 1. The maximum Gasteiger partial charge on any atom is 0.246 e. The summed E-state index contributed by atoms with van der Waals surface area (Å²) in [5.74, 6) is -0.577. The third kappa shape index (κ3) is 4.99. The van der Waals surface area contributed by atoms with Crippen LogP contribution in [0.2, 0.25) is 10.0 Å². The van der Waals surface area contributed by atoms with Gasteiger partial charge >= 0.3 is 0 Å². The molecular weight excluding hydrogens is 443 g/mol. The number of hydrogen-bond donors (Lipinski definition) is 1. The maximum absolute atomic E-state index is 12.4. The Kier molecular flexibility index (Phi) is 6.19. The van der Waals surface area contributed by atoms with Crippen molar-refractivity contribution in [3.63, 3.8) is 0 Å². The Balaban J connectivity index is 1.77. The number of carbonyl (C=O) groups excluding carboxylic acids is 1. The average molecular weight is 457 g/mol. The standard InChI is InChI=1S/C17H14Cl2N4O3S2/c1-28(25,26)23(14-8-7-12(18)9-13(14)19)10-15(24)20-17-22-21-16(27-17)11-5-3-2-4-6-11/h2-9H,10H2,1H3,(H,20,22,24). The van der Waals surface area contributed by atoms with Crippen molar-refractivity contribution in [3.05, 3.63) is 58.6 Å². The molecule has 0 fully saturated rings. The fraction of sp³-hybridized carbons (Fsp3) is 0.118. The molecule has 3 rings (SSSR count). The molecule has 1 amide bonds. The van der Waals surface area contributed by atoms with Crippen molar-refractivity contribution < 1.29 is 13.2 Å². The van der Waals surface area contributed by atoms with Crippen molar-refractivity contribution in [2.75, 3.05) is 22.4 Å². The molecule has 0 aliphatic carbocycles. The number of nitrogens with zero attached hydrogens (tertiary/aromatic N) is 3. The summed E-state index contributed by atoms with van der Waals surface area (Å²) in [7, 11) is -3.77. The van der Waals surface area contributed by atoms with Crippen LogP contribution in [0, 0.1) is 0 Å². The van der Waals surface area contributed by atoms with Crippen LogP contribution in [0.5, 0.6) is 0 Å². The van der Waals surface area contributed by atoms with Gasteiger partial charge in [-0.15, -0.1) is 10.2 Å². The molecule has 1 aromatic heterocycles. The van der Waals surface area contributed by atoms with Gasteiger partial charge in [-0.3, -0.25) is 14.4 Å². The van der Waals surface area contributed by atoms with E-state index >= 15 is 0 Å². The van der Waals surface area contributed by atoms with E-state index in [1.165, 1.54) is 29.5 Å². The second kappa shape index (κ2) is 8.44. The van der Waals surface area contributed by atoms with E-state index in [0.29, 0.717) is 10.0 Å². The average Bonchev–Trinajstić information content (AvgIpc) is 3.08. The van der Waals surface area contributed by atoms with Crippen molar-refractivity contribution in [3.8, 4) is 10.6 Å². The van der Waals surface area contributed by atoms with Crippen LogP contribution in [-0.2, 0) is 14.8 Å². The summed E-state index contributed by atoms with van der Waals surface area (Å²) in [6, 6.07) is 13.7. The van der Waals surface area contributed by atoms with Crippen LogP contribution in [-0.4, -0.2) is 37.3 Å². The maximum atomic E-state index is 12.4. The Morgan fingerprint density at radius 3 is 2.50 bits per heavy atom. The first-order valence-electron chi connectivity index (χ1n) is 7.85. The minimum Gasteiger partial charge on any atom is -0.299 e. The molecule has 1 heterocycles. The van der Waals surface area contributed by atoms with E-state index in [1.807, 2.05) is 30.3 Å². The predicted molar refractivity (Wildman–Crippen MR) is 113 cm³/mol. The number of halogens is 2. The summed E-state index contributed by atoms with van der Waals surface area (Å²) in [5, 5.41) is 11.9. The summed E-state index contributed by atoms with van der Waals surface area (Å²) in [6.45, 7) is -0.472. The van der Waals surface area contributed by atoms with Gasteiger partial charge in [0.1, 0.15) is 11.6 Å². The van der Waals surface area contributed by atoms with Crippen molar-refractivity contribution in [2.45, 2.75) is 0 Å². The molecule has 0 atom stereocenters. The van der Waals surface area contributed by atoms with Gasteiger partial charge in [-0.1, -0.05) is 64.9 Å². The summed E-state index contributed by atoms with van der Waals surface area (Å²) in [4.78, 5) is 12.4. The first-order chi connectivity index (χ1) is 13.2. The van der Waals surface area contributed by atoms with Gasteiger partial charge in [-0.25, -0.2) is 8.42 Å². The first-order valence-corrected chi connectivity index (χ1v) is 11.3. The molecule has 0 bridgehead atoms. The van der Waals surface area contributed by atoms with Crippen LogP contribution in [0.4, 0.5) is 10.8 Å². The summed E-state index contributed by atoms with van der Waals surface area (Å²) < 4.78 is 25.3. The molecule has 0 radical (unpaired) electrons. The fourth-order valence-electron chi connectivity index (χ4n) is 2.32. The molecule has 3 aromatic rings. The first kappa shape index (κ1) is 20.5. The third-order valence-corrected chi connectivity index (χ3v) is 6.11. The SMILES string of the molecule is CS(=O)(=O)N(CC(=O)Nc1nnc(-c2ccccc2)s1)c1ccc(Cl)cc1Cl. The van der Waals surface area contributed by atoms with Gasteiger partial charge in [-0.2, -0.15) is 0 Å². The van der Waals surface area contributed by atoms with Crippen LogP contribution in [0.1, 0.15) is 0 Å². The normalized spacial score (nSPS) is 11.2. The summed E-state index contributed by atoms with van der Waals surface area (Å²) >= 11 is 13.1. The Labute approximate surface area is 176 Å². The van der Waals surface area contributed by atoms with Crippen LogP contribution in [0.15, 0.2) is 48.5 Å². The molecule has 0 unspecified atom stereocenters. The largest absolute Gasteiger partial charge is 0.299 e. The van der Waals surface area contributed by atoms with Gasteiger partial charge < -0.3 is 0 Å². The Bertz CT molecular complexity index is 1100. The van der Waals surface area contributed by atoms with Crippen molar-refractivity contribution in [1.29, 1.82) is 0 Å². The van der Waals surface area contributed by atoms with Crippen LogP contribution < -0.4 is 9.62 Å². The molecule has 146 valence electrons. The number of nitrogens with one attached hydrogen (secondary N) is 1. The number of sulfonamides is 1. The molecule has 0 saturated carbocycles. The second-order valence-electron chi connectivity index (χ2n) is 5.69. The smallest absolute Gasteiger partial charge is 0.246 e. The Hall–Kier alpha value is -2.20. The third-order valence-electron chi connectivity index (χ3n) is 3.56. The zero-order chi connectivity index (χ0) is 20.3.